The van der Waals surface area contributed by atoms with Crippen molar-refractivity contribution in [3.63, 3.8) is 0 Å². The molecule has 0 N–H and O–H groups in total. The largest absolute Gasteiger partial charge is 0.285 e. The summed E-state index contributed by atoms with van der Waals surface area (Å²) in [6.45, 7) is 3.87. The Morgan fingerprint density at radius 1 is 0.800 bits per heavy atom. The maximum absolute atomic E-state index is 12.1. The summed E-state index contributed by atoms with van der Waals surface area (Å²) in [5, 5.41) is 0. The summed E-state index contributed by atoms with van der Waals surface area (Å²) in [4.78, 5) is 24.2. The van der Waals surface area contributed by atoms with Gasteiger partial charge in [0.15, 0.2) is 0 Å². The van der Waals surface area contributed by atoms with E-state index in [9.17, 15) is 9.59 Å². The first-order valence-electron chi connectivity index (χ1n) is 6.50. The number of carbonyl (C=O) groups is 2. The molecule has 2 rings (SSSR count). The van der Waals surface area contributed by atoms with E-state index >= 15 is 0 Å². The van der Waals surface area contributed by atoms with E-state index in [2.05, 4.69) is 0 Å². The number of carbonyl (C=O) groups excluding carboxylic acids is 2. The highest BCUT2D eigenvalue weighted by Gasteiger charge is 2.17. The zero-order chi connectivity index (χ0) is 14.5. The molecule has 0 fully saturated rings. The van der Waals surface area contributed by atoms with Crippen molar-refractivity contribution >= 4 is 17.6 Å². The fraction of sp³-hybridized carbons (Fsp3) is 0.111. The van der Waals surface area contributed by atoms with Crippen LogP contribution in [0.4, 0.5) is 0 Å². The van der Waals surface area contributed by atoms with Crippen LogP contribution in [0.2, 0.25) is 0 Å². The lowest BCUT2D eigenvalue weighted by molar-refractivity contribution is 0.0817. The van der Waals surface area contributed by atoms with E-state index in [1.807, 2.05) is 50.3 Å². The van der Waals surface area contributed by atoms with Crippen LogP contribution in [0.5, 0.6) is 0 Å². The normalized spacial score (nSPS) is 10.7. The van der Waals surface area contributed by atoms with Crippen LogP contribution >= 0.6 is 0 Å². The Morgan fingerprint density at radius 3 is 1.70 bits per heavy atom. The van der Waals surface area contributed by atoms with E-state index < -0.39 is 11.6 Å². The molecule has 0 saturated heterocycles. The standard InChI is InChI=1S/C18H16O2/c1-3-4-14-7-11-16(12-8-14)18(20)17(19)15-9-5-13(2)6-10-15/h3-12H,1-2H3/b4-3+. The maximum atomic E-state index is 12.1. The molecule has 0 amide bonds. The fourth-order valence-electron chi connectivity index (χ4n) is 1.91. The van der Waals surface area contributed by atoms with Gasteiger partial charge in [0.05, 0.1) is 0 Å². The van der Waals surface area contributed by atoms with Crippen molar-refractivity contribution in [3.8, 4) is 0 Å². The topological polar surface area (TPSA) is 34.1 Å². The van der Waals surface area contributed by atoms with Crippen molar-refractivity contribution < 1.29 is 9.59 Å². The average molecular weight is 264 g/mol. The van der Waals surface area contributed by atoms with E-state index in [4.69, 9.17) is 0 Å². The highest BCUT2D eigenvalue weighted by molar-refractivity contribution is 6.49. The summed E-state index contributed by atoms with van der Waals surface area (Å²) in [6, 6.07) is 14.1. The second-order valence-electron chi connectivity index (χ2n) is 4.65. The van der Waals surface area contributed by atoms with Crippen LogP contribution < -0.4 is 0 Å². The summed E-state index contributed by atoms with van der Waals surface area (Å²) in [6.07, 6.45) is 3.87. The van der Waals surface area contributed by atoms with Crippen molar-refractivity contribution in [2.24, 2.45) is 0 Å². The van der Waals surface area contributed by atoms with Crippen molar-refractivity contribution in [2.75, 3.05) is 0 Å². The first kappa shape index (κ1) is 13.9. The predicted octanol–water partition coefficient (Wildman–Crippen LogP) is 4.09. The lowest BCUT2D eigenvalue weighted by Crippen LogP contribution is -2.14. The van der Waals surface area contributed by atoms with E-state index in [0.29, 0.717) is 11.1 Å². The summed E-state index contributed by atoms with van der Waals surface area (Å²) >= 11 is 0. The van der Waals surface area contributed by atoms with Crippen LogP contribution in [0.15, 0.2) is 54.6 Å². The number of Topliss-reactive ketones (excluding diaryl/α,β-unsaturated/α-hetero) is 2. The van der Waals surface area contributed by atoms with Crippen LogP contribution in [-0.4, -0.2) is 11.6 Å². The molecule has 0 heterocycles. The van der Waals surface area contributed by atoms with Gasteiger partial charge in [0.2, 0.25) is 11.6 Å². The van der Waals surface area contributed by atoms with Gasteiger partial charge in [-0.2, -0.15) is 0 Å². The van der Waals surface area contributed by atoms with Gasteiger partial charge in [-0.25, -0.2) is 0 Å². The number of hydrogen-bond donors (Lipinski definition) is 0. The van der Waals surface area contributed by atoms with Gasteiger partial charge in [0.1, 0.15) is 0 Å². The summed E-state index contributed by atoms with van der Waals surface area (Å²) in [5.74, 6) is -0.940. The molecule has 0 radical (unpaired) electrons. The molecule has 2 nitrogen and oxygen atoms in total. The average Bonchev–Trinajstić information content (AvgIpc) is 2.48. The molecule has 0 aliphatic rings. The molecule has 100 valence electrons. The molecule has 20 heavy (non-hydrogen) atoms. The van der Waals surface area contributed by atoms with E-state index in [1.165, 1.54) is 0 Å². The molecule has 0 unspecified atom stereocenters. The van der Waals surface area contributed by atoms with Gasteiger partial charge in [0.25, 0.3) is 0 Å². The van der Waals surface area contributed by atoms with Crippen molar-refractivity contribution in [1.82, 2.24) is 0 Å². The van der Waals surface area contributed by atoms with Crippen LogP contribution in [0.1, 0.15) is 38.8 Å². The lowest BCUT2D eigenvalue weighted by Gasteiger charge is -2.02. The minimum Gasteiger partial charge on any atom is -0.285 e. The van der Waals surface area contributed by atoms with Gasteiger partial charge in [0, 0.05) is 11.1 Å². The van der Waals surface area contributed by atoms with Gasteiger partial charge >= 0.3 is 0 Å². The summed E-state index contributed by atoms with van der Waals surface area (Å²) in [5.41, 5.74) is 2.92. The second-order valence-corrected chi connectivity index (χ2v) is 4.65. The highest BCUT2D eigenvalue weighted by atomic mass is 16.2. The molecule has 0 saturated carbocycles. The molecule has 2 aromatic rings. The maximum Gasteiger partial charge on any atom is 0.233 e. The quantitative estimate of drug-likeness (QED) is 0.615. The zero-order valence-electron chi connectivity index (χ0n) is 11.6. The lowest BCUT2D eigenvalue weighted by atomic mass is 10.00. The van der Waals surface area contributed by atoms with Gasteiger partial charge in [-0.3, -0.25) is 9.59 Å². The molecule has 0 aliphatic heterocycles. The third kappa shape index (κ3) is 3.09. The van der Waals surface area contributed by atoms with Crippen molar-refractivity contribution in [2.45, 2.75) is 13.8 Å². The molecule has 2 aromatic carbocycles. The monoisotopic (exact) mass is 264 g/mol. The van der Waals surface area contributed by atoms with Crippen LogP contribution in [-0.2, 0) is 0 Å². The number of rotatable bonds is 4. The Labute approximate surface area is 118 Å². The van der Waals surface area contributed by atoms with Crippen molar-refractivity contribution in [3.05, 3.63) is 76.9 Å². The molecule has 0 aromatic heterocycles. The van der Waals surface area contributed by atoms with E-state index in [1.54, 1.807) is 24.3 Å². The van der Waals surface area contributed by atoms with Gasteiger partial charge in [-0.1, -0.05) is 66.2 Å². The highest BCUT2D eigenvalue weighted by Crippen LogP contribution is 2.11. The first-order chi connectivity index (χ1) is 9.61. The van der Waals surface area contributed by atoms with Crippen LogP contribution in [0.25, 0.3) is 6.08 Å². The SMILES string of the molecule is C/C=C/c1ccc(C(=O)C(=O)c2ccc(C)cc2)cc1. The first-order valence-corrected chi connectivity index (χ1v) is 6.50. The van der Waals surface area contributed by atoms with E-state index in [-0.39, 0.29) is 0 Å². The van der Waals surface area contributed by atoms with Crippen LogP contribution in [0, 0.1) is 6.92 Å². The van der Waals surface area contributed by atoms with E-state index in [0.717, 1.165) is 11.1 Å². The Bertz CT molecular complexity index is 647. The molecular weight excluding hydrogens is 248 g/mol. The Morgan fingerprint density at radius 2 is 1.25 bits per heavy atom. The Kier molecular flexibility index (Phi) is 4.26. The minimum atomic E-state index is -0.471. The molecular formula is C18H16O2. The third-order valence-electron chi connectivity index (χ3n) is 3.05. The summed E-state index contributed by atoms with van der Waals surface area (Å²) < 4.78 is 0. The summed E-state index contributed by atoms with van der Waals surface area (Å²) in [7, 11) is 0. The number of aryl methyl sites for hydroxylation is 1. The Balaban J connectivity index is 2.22. The molecule has 0 aliphatic carbocycles. The molecule has 0 spiro atoms. The van der Waals surface area contributed by atoms with Gasteiger partial charge in [-0.05, 0) is 19.4 Å². The predicted molar refractivity (Wildman–Crippen MR) is 81.0 cm³/mol. The number of benzene rings is 2. The molecule has 0 atom stereocenters. The fourth-order valence-corrected chi connectivity index (χ4v) is 1.91. The zero-order valence-corrected chi connectivity index (χ0v) is 11.6. The number of hydrogen-bond acceptors (Lipinski definition) is 2. The number of ketones is 2. The van der Waals surface area contributed by atoms with Crippen molar-refractivity contribution in [1.29, 1.82) is 0 Å². The minimum absolute atomic E-state index is 0.420. The smallest absolute Gasteiger partial charge is 0.233 e. The third-order valence-corrected chi connectivity index (χ3v) is 3.05. The van der Waals surface area contributed by atoms with Gasteiger partial charge in [-0.15, -0.1) is 0 Å². The van der Waals surface area contributed by atoms with Crippen LogP contribution in [0.3, 0.4) is 0 Å². The van der Waals surface area contributed by atoms with Gasteiger partial charge < -0.3 is 0 Å². The molecule has 2 heteroatoms. The number of allylic oxidation sites excluding steroid dienone is 1. The molecule has 0 bridgehead atoms. The second kappa shape index (κ2) is 6.11. The Hall–Kier alpha value is -2.48.